The standard InChI is InChI=1S/C27H25F3N4O/c28-27(29,30)35-25-13-11-24(12-14-25)34-19-31-26(32-34)21-10-5-7-20(16-21)6-3-4-15-33-17-22-8-1-2-9-23(22)18-33/h1-2,5,7-14,16,19H,3-4,6,15,17-18H2. The highest BCUT2D eigenvalue weighted by Crippen LogP contribution is 2.25. The molecule has 0 unspecified atom stereocenters. The Labute approximate surface area is 201 Å². The average Bonchev–Trinajstić information content (AvgIpc) is 3.49. The molecule has 5 rings (SSSR count). The van der Waals surface area contributed by atoms with Crippen LogP contribution in [0.4, 0.5) is 13.2 Å². The number of rotatable bonds is 8. The van der Waals surface area contributed by atoms with Crippen molar-refractivity contribution < 1.29 is 17.9 Å². The van der Waals surface area contributed by atoms with Gasteiger partial charge in [-0.2, -0.15) is 0 Å². The fraction of sp³-hybridized carbons (Fsp3) is 0.259. The van der Waals surface area contributed by atoms with Crippen LogP contribution in [-0.2, 0) is 19.5 Å². The van der Waals surface area contributed by atoms with E-state index in [0.29, 0.717) is 11.5 Å². The minimum absolute atomic E-state index is 0.274. The van der Waals surface area contributed by atoms with Crippen LogP contribution >= 0.6 is 0 Å². The topological polar surface area (TPSA) is 43.2 Å². The molecule has 8 heteroatoms. The van der Waals surface area contributed by atoms with E-state index in [2.05, 4.69) is 56.1 Å². The molecule has 1 aliphatic rings. The van der Waals surface area contributed by atoms with Gasteiger partial charge in [-0.05, 0) is 72.8 Å². The highest BCUT2D eigenvalue weighted by molar-refractivity contribution is 5.56. The Morgan fingerprint density at radius 2 is 1.60 bits per heavy atom. The van der Waals surface area contributed by atoms with E-state index >= 15 is 0 Å². The molecule has 0 spiro atoms. The summed E-state index contributed by atoms with van der Waals surface area (Å²) in [5, 5.41) is 4.50. The van der Waals surface area contributed by atoms with Crippen LogP contribution in [-0.4, -0.2) is 32.6 Å². The van der Waals surface area contributed by atoms with Gasteiger partial charge in [0.25, 0.3) is 0 Å². The van der Waals surface area contributed by atoms with E-state index < -0.39 is 6.36 Å². The van der Waals surface area contributed by atoms with E-state index in [9.17, 15) is 13.2 Å². The van der Waals surface area contributed by atoms with E-state index in [1.54, 1.807) is 6.33 Å². The Bertz CT molecular complexity index is 1260. The molecule has 0 radical (unpaired) electrons. The molecule has 35 heavy (non-hydrogen) atoms. The highest BCUT2D eigenvalue weighted by atomic mass is 19.4. The molecule has 0 bridgehead atoms. The summed E-state index contributed by atoms with van der Waals surface area (Å²) in [6.45, 7) is 3.17. The predicted octanol–water partition coefficient (Wildman–Crippen LogP) is 6.17. The molecule has 1 aliphatic heterocycles. The van der Waals surface area contributed by atoms with Crippen molar-refractivity contribution in [3.63, 3.8) is 0 Å². The Morgan fingerprint density at radius 3 is 2.31 bits per heavy atom. The summed E-state index contributed by atoms with van der Waals surface area (Å²) in [6, 6.07) is 22.4. The van der Waals surface area contributed by atoms with Crippen molar-refractivity contribution in [3.05, 3.63) is 95.8 Å². The fourth-order valence-corrected chi connectivity index (χ4v) is 4.41. The van der Waals surface area contributed by atoms with E-state index in [4.69, 9.17) is 0 Å². The largest absolute Gasteiger partial charge is 0.573 e. The van der Waals surface area contributed by atoms with Crippen LogP contribution in [0, 0.1) is 0 Å². The van der Waals surface area contributed by atoms with E-state index in [1.807, 2.05) is 12.1 Å². The van der Waals surface area contributed by atoms with Gasteiger partial charge in [0.15, 0.2) is 5.82 Å². The Hall–Kier alpha value is -3.65. The molecule has 0 amide bonds. The molecule has 1 aromatic heterocycles. The van der Waals surface area contributed by atoms with Crippen LogP contribution in [0.15, 0.2) is 79.1 Å². The first-order chi connectivity index (χ1) is 16.9. The third-order valence-electron chi connectivity index (χ3n) is 6.11. The van der Waals surface area contributed by atoms with Crippen molar-refractivity contribution >= 4 is 0 Å². The zero-order chi connectivity index (χ0) is 24.3. The minimum atomic E-state index is -4.72. The SMILES string of the molecule is FC(F)(F)Oc1ccc(-n2cnc(-c3cccc(CCCCN4Cc5ccccc5C4)c3)n2)cc1. The number of hydrogen-bond acceptors (Lipinski definition) is 4. The van der Waals surface area contributed by atoms with Crippen LogP contribution in [0.25, 0.3) is 17.1 Å². The van der Waals surface area contributed by atoms with Gasteiger partial charge in [-0.15, -0.1) is 18.3 Å². The molecule has 4 aromatic rings. The molecule has 0 saturated carbocycles. The first-order valence-electron chi connectivity index (χ1n) is 11.6. The number of hydrogen-bond donors (Lipinski definition) is 0. The maximum absolute atomic E-state index is 12.4. The monoisotopic (exact) mass is 478 g/mol. The summed E-state index contributed by atoms with van der Waals surface area (Å²) in [7, 11) is 0. The molecule has 0 saturated heterocycles. The van der Waals surface area contributed by atoms with E-state index in [1.165, 1.54) is 45.6 Å². The lowest BCUT2D eigenvalue weighted by atomic mass is 10.0. The van der Waals surface area contributed by atoms with Gasteiger partial charge in [-0.1, -0.05) is 42.5 Å². The molecule has 5 nitrogen and oxygen atoms in total. The number of fused-ring (bicyclic) bond motifs is 1. The number of nitrogens with zero attached hydrogens (tertiary/aromatic N) is 4. The summed E-state index contributed by atoms with van der Waals surface area (Å²) in [5.41, 5.74) is 5.62. The normalized spacial score (nSPS) is 13.7. The van der Waals surface area contributed by atoms with Gasteiger partial charge in [0.2, 0.25) is 0 Å². The van der Waals surface area contributed by atoms with Crippen molar-refractivity contribution in [1.29, 1.82) is 0 Å². The van der Waals surface area contributed by atoms with Crippen LogP contribution < -0.4 is 4.74 Å². The highest BCUT2D eigenvalue weighted by Gasteiger charge is 2.31. The maximum atomic E-state index is 12.4. The molecule has 0 fully saturated rings. The number of unbranched alkanes of at least 4 members (excludes halogenated alkanes) is 1. The van der Waals surface area contributed by atoms with Crippen LogP contribution in [0.3, 0.4) is 0 Å². The summed E-state index contributed by atoms with van der Waals surface area (Å²) in [4.78, 5) is 6.89. The molecule has 3 aromatic carbocycles. The van der Waals surface area contributed by atoms with Crippen molar-refractivity contribution in [1.82, 2.24) is 19.7 Å². The summed E-state index contributed by atoms with van der Waals surface area (Å²) < 4.78 is 42.5. The van der Waals surface area contributed by atoms with Gasteiger partial charge in [0.1, 0.15) is 12.1 Å². The number of halogens is 3. The lowest BCUT2D eigenvalue weighted by Gasteiger charge is -2.14. The summed E-state index contributed by atoms with van der Waals surface area (Å²) in [5.74, 6) is 0.292. The van der Waals surface area contributed by atoms with Crippen molar-refractivity contribution in [3.8, 4) is 22.8 Å². The molecular weight excluding hydrogens is 453 g/mol. The van der Waals surface area contributed by atoms with Crippen LogP contribution in [0.1, 0.15) is 29.5 Å². The maximum Gasteiger partial charge on any atom is 0.573 e. The summed E-state index contributed by atoms with van der Waals surface area (Å²) in [6.07, 6.45) is 0.0579. The van der Waals surface area contributed by atoms with Crippen molar-refractivity contribution in [2.24, 2.45) is 0 Å². The van der Waals surface area contributed by atoms with E-state index in [-0.39, 0.29) is 5.75 Å². The first kappa shape index (κ1) is 23.1. The second kappa shape index (κ2) is 9.92. The van der Waals surface area contributed by atoms with Crippen molar-refractivity contribution in [2.75, 3.05) is 6.54 Å². The van der Waals surface area contributed by atoms with Gasteiger partial charge in [0.05, 0.1) is 5.69 Å². The molecule has 0 atom stereocenters. The number of aromatic nitrogens is 3. The van der Waals surface area contributed by atoms with Crippen LogP contribution in [0.5, 0.6) is 5.75 Å². The predicted molar refractivity (Wildman–Crippen MR) is 127 cm³/mol. The minimum Gasteiger partial charge on any atom is -0.406 e. The Kier molecular flexibility index (Phi) is 6.55. The summed E-state index contributed by atoms with van der Waals surface area (Å²) >= 11 is 0. The first-order valence-corrected chi connectivity index (χ1v) is 11.6. The molecule has 0 N–H and O–H groups in total. The zero-order valence-corrected chi connectivity index (χ0v) is 19.1. The Morgan fingerprint density at radius 1 is 0.857 bits per heavy atom. The van der Waals surface area contributed by atoms with Gasteiger partial charge in [-0.3, -0.25) is 4.90 Å². The van der Waals surface area contributed by atoms with Gasteiger partial charge < -0.3 is 4.74 Å². The van der Waals surface area contributed by atoms with Gasteiger partial charge in [-0.25, -0.2) is 9.67 Å². The third kappa shape index (κ3) is 5.89. The van der Waals surface area contributed by atoms with E-state index in [0.717, 1.165) is 44.5 Å². The fourth-order valence-electron chi connectivity index (χ4n) is 4.41. The number of ether oxygens (including phenoxy) is 1. The van der Waals surface area contributed by atoms with Crippen LogP contribution in [0.2, 0.25) is 0 Å². The third-order valence-corrected chi connectivity index (χ3v) is 6.11. The lowest BCUT2D eigenvalue weighted by Crippen LogP contribution is -2.17. The molecule has 0 aliphatic carbocycles. The number of alkyl halides is 3. The lowest BCUT2D eigenvalue weighted by molar-refractivity contribution is -0.274. The molecule has 2 heterocycles. The van der Waals surface area contributed by atoms with Gasteiger partial charge in [0, 0.05) is 18.7 Å². The number of benzene rings is 3. The smallest absolute Gasteiger partial charge is 0.406 e. The van der Waals surface area contributed by atoms with Crippen molar-refractivity contribution in [2.45, 2.75) is 38.7 Å². The second-order valence-electron chi connectivity index (χ2n) is 8.69. The second-order valence-corrected chi connectivity index (χ2v) is 8.69. The molecule has 180 valence electrons. The Balaban J connectivity index is 1.15. The quantitative estimate of drug-likeness (QED) is 0.284. The number of aryl methyl sites for hydroxylation is 1. The van der Waals surface area contributed by atoms with Gasteiger partial charge >= 0.3 is 6.36 Å². The average molecular weight is 479 g/mol. The molecular formula is C27H25F3N4O. The zero-order valence-electron chi connectivity index (χ0n) is 19.1.